The number of nitrogens with zero attached hydrogens (tertiary/aromatic N) is 6. The van der Waals surface area contributed by atoms with Crippen LogP contribution in [0.15, 0.2) is 33.5 Å². The van der Waals surface area contributed by atoms with E-state index in [0.29, 0.717) is 43.4 Å². The van der Waals surface area contributed by atoms with E-state index in [4.69, 9.17) is 0 Å². The predicted octanol–water partition coefficient (Wildman–Crippen LogP) is 4.03. The zero-order valence-corrected chi connectivity index (χ0v) is 25.0. The van der Waals surface area contributed by atoms with Crippen LogP contribution in [0.25, 0.3) is 0 Å². The van der Waals surface area contributed by atoms with Crippen LogP contribution in [0, 0.1) is 20.8 Å². The van der Waals surface area contributed by atoms with E-state index in [1.54, 1.807) is 23.6 Å². The Morgan fingerprint density at radius 1 is 1.00 bits per heavy atom. The molecule has 10 nitrogen and oxygen atoms in total. The quantitative estimate of drug-likeness (QED) is 0.396. The molecule has 1 aliphatic heterocycles. The zero-order chi connectivity index (χ0) is 28.1. The lowest BCUT2D eigenvalue weighted by Gasteiger charge is -2.34. The lowest BCUT2D eigenvalue weighted by atomic mass is 10.0. The van der Waals surface area contributed by atoms with Crippen molar-refractivity contribution < 1.29 is 9.59 Å². The largest absolute Gasteiger partial charge is 0.369 e. The molecule has 0 atom stereocenters. The fourth-order valence-corrected chi connectivity index (χ4v) is 6.23. The lowest BCUT2D eigenvalue weighted by Crippen LogP contribution is -2.50. The van der Waals surface area contributed by atoms with E-state index >= 15 is 0 Å². The molecule has 4 rings (SSSR count). The first kappa shape index (κ1) is 28.8. The summed E-state index contributed by atoms with van der Waals surface area (Å²) in [4.78, 5) is 45.3. The standard InChI is InChI=1S/C27H36N8O2S2/c1-17-13-18(2)22(14-21(17)26(37)35-11-9-34(10-12-35)20(4)36)38-25-16-29-27(39-25)32-24-15-23(30-19(3)31-24)28-7-8-33(5)6/h13-16H,7-12H2,1-6H3,(H2,28,29,30,31,32). The van der Waals surface area contributed by atoms with Crippen molar-refractivity contribution in [3.8, 4) is 0 Å². The number of benzene rings is 1. The van der Waals surface area contributed by atoms with E-state index in [1.165, 1.54) is 11.3 Å². The Kier molecular flexibility index (Phi) is 9.41. The summed E-state index contributed by atoms with van der Waals surface area (Å²) in [5.41, 5.74) is 2.77. The molecule has 1 aromatic carbocycles. The highest BCUT2D eigenvalue weighted by Gasteiger charge is 2.25. The first-order valence-corrected chi connectivity index (χ1v) is 14.5. The van der Waals surface area contributed by atoms with Crippen LogP contribution in [-0.4, -0.2) is 94.8 Å². The highest BCUT2D eigenvalue weighted by atomic mass is 32.2. The maximum atomic E-state index is 13.3. The minimum absolute atomic E-state index is 0.0124. The average Bonchev–Trinajstić information content (AvgIpc) is 3.31. The molecule has 0 unspecified atom stereocenters. The van der Waals surface area contributed by atoms with Gasteiger partial charge >= 0.3 is 0 Å². The fourth-order valence-electron chi connectivity index (χ4n) is 4.28. The maximum Gasteiger partial charge on any atom is 0.254 e. The number of thiazole rings is 1. The second-order valence-electron chi connectivity index (χ2n) is 9.86. The van der Waals surface area contributed by atoms with Gasteiger partial charge in [-0.2, -0.15) is 0 Å². The number of piperazine rings is 1. The number of carbonyl (C=O) groups excluding carboxylic acids is 2. The average molecular weight is 569 g/mol. The van der Waals surface area contributed by atoms with Crippen LogP contribution < -0.4 is 10.6 Å². The molecule has 39 heavy (non-hydrogen) atoms. The molecule has 3 aromatic rings. The predicted molar refractivity (Wildman–Crippen MR) is 157 cm³/mol. The second kappa shape index (κ2) is 12.8. The molecule has 0 saturated carbocycles. The van der Waals surface area contributed by atoms with E-state index < -0.39 is 0 Å². The van der Waals surface area contributed by atoms with Crippen molar-refractivity contribution >= 4 is 51.7 Å². The van der Waals surface area contributed by atoms with Crippen LogP contribution in [-0.2, 0) is 4.79 Å². The molecule has 0 radical (unpaired) electrons. The monoisotopic (exact) mass is 568 g/mol. The topological polar surface area (TPSA) is 107 Å². The Balaban J connectivity index is 1.43. The van der Waals surface area contributed by atoms with Gasteiger partial charge in [-0.25, -0.2) is 15.0 Å². The minimum Gasteiger partial charge on any atom is -0.369 e. The van der Waals surface area contributed by atoms with Gasteiger partial charge in [-0.1, -0.05) is 29.2 Å². The molecular formula is C27H36N8O2S2. The smallest absolute Gasteiger partial charge is 0.254 e. The maximum absolute atomic E-state index is 13.3. The van der Waals surface area contributed by atoms with Gasteiger partial charge in [0.1, 0.15) is 17.5 Å². The van der Waals surface area contributed by atoms with Crippen LogP contribution in [0.3, 0.4) is 0 Å². The molecule has 2 amide bonds. The first-order valence-electron chi connectivity index (χ1n) is 12.9. The Bertz CT molecular complexity index is 1340. The van der Waals surface area contributed by atoms with Gasteiger partial charge in [0, 0.05) is 62.7 Å². The summed E-state index contributed by atoms with van der Waals surface area (Å²) in [6.07, 6.45) is 1.84. The summed E-state index contributed by atoms with van der Waals surface area (Å²) in [6.45, 7) is 11.4. The number of amides is 2. The number of rotatable bonds is 9. The molecule has 0 spiro atoms. The molecule has 208 valence electrons. The van der Waals surface area contributed by atoms with Crippen molar-refractivity contribution in [2.75, 3.05) is 64.0 Å². The minimum atomic E-state index is 0.0124. The van der Waals surface area contributed by atoms with Crippen molar-refractivity contribution in [2.45, 2.75) is 36.8 Å². The van der Waals surface area contributed by atoms with Crippen molar-refractivity contribution in [3.63, 3.8) is 0 Å². The van der Waals surface area contributed by atoms with Crippen LogP contribution in [0.5, 0.6) is 0 Å². The highest BCUT2D eigenvalue weighted by Crippen LogP contribution is 2.37. The fraction of sp³-hybridized carbons (Fsp3) is 0.444. The molecule has 2 N–H and O–H groups in total. The summed E-state index contributed by atoms with van der Waals surface area (Å²) in [5.74, 6) is 2.20. The number of likely N-dealkylation sites (N-methyl/N-ethyl adjacent to an activating group) is 1. The number of carbonyl (C=O) groups is 2. The van der Waals surface area contributed by atoms with Crippen molar-refractivity contribution in [1.29, 1.82) is 0 Å². The SMILES string of the molecule is CC(=O)N1CCN(C(=O)c2cc(Sc3cnc(Nc4cc(NCCN(C)C)nc(C)n4)s3)c(C)cc2C)CC1. The first-order chi connectivity index (χ1) is 18.6. The number of hydrogen-bond acceptors (Lipinski definition) is 10. The van der Waals surface area contributed by atoms with Gasteiger partial charge in [0.05, 0.1) is 10.4 Å². The molecule has 12 heteroatoms. The summed E-state index contributed by atoms with van der Waals surface area (Å²) in [6, 6.07) is 5.94. The third kappa shape index (κ3) is 7.68. The Morgan fingerprint density at radius 2 is 1.69 bits per heavy atom. The normalized spacial score (nSPS) is 13.6. The summed E-state index contributed by atoms with van der Waals surface area (Å²) < 4.78 is 1.01. The molecular weight excluding hydrogens is 532 g/mol. The van der Waals surface area contributed by atoms with Gasteiger partial charge in [0.25, 0.3) is 5.91 Å². The van der Waals surface area contributed by atoms with Crippen molar-refractivity contribution in [2.24, 2.45) is 0 Å². The molecule has 2 aromatic heterocycles. The summed E-state index contributed by atoms with van der Waals surface area (Å²) in [5, 5.41) is 7.37. The van der Waals surface area contributed by atoms with E-state index in [-0.39, 0.29) is 11.8 Å². The van der Waals surface area contributed by atoms with Crippen LogP contribution >= 0.6 is 23.1 Å². The van der Waals surface area contributed by atoms with E-state index in [2.05, 4.69) is 43.5 Å². The van der Waals surface area contributed by atoms with Gasteiger partial charge in [0.2, 0.25) is 5.91 Å². The van der Waals surface area contributed by atoms with Crippen LogP contribution in [0.2, 0.25) is 0 Å². The molecule has 3 heterocycles. The molecule has 1 saturated heterocycles. The van der Waals surface area contributed by atoms with Gasteiger partial charge in [-0.15, -0.1) is 0 Å². The lowest BCUT2D eigenvalue weighted by molar-refractivity contribution is -0.130. The zero-order valence-electron chi connectivity index (χ0n) is 23.4. The van der Waals surface area contributed by atoms with Gasteiger partial charge in [0.15, 0.2) is 5.13 Å². The Hall–Kier alpha value is -3.22. The number of aryl methyl sites for hydroxylation is 3. The van der Waals surface area contributed by atoms with E-state index in [9.17, 15) is 9.59 Å². The number of aromatic nitrogens is 3. The second-order valence-corrected chi connectivity index (χ2v) is 12.2. The molecule has 0 bridgehead atoms. The number of nitrogens with one attached hydrogen (secondary N) is 2. The van der Waals surface area contributed by atoms with Crippen LogP contribution in [0.4, 0.5) is 16.8 Å². The van der Waals surface area contributed by atoms with E-state index in [1.807, 2.05) is 51.2 Å². The Labute approximate surface area is 238 Å². The van der Waals surface area contributed by atoms with Gasteiger partial charge < -0.3 is 25.3 Å². The summed E-state index contributed by atoms with van der Waals surface area (Å²) in [7, 11) is 4.07. The molecule has 0 aliphatic carbocycles. The third-order valence-electron chi connectivity index (χ3n) is 6.40. The van der Waals surface area contributed by atoms with E-state index in [0.717, 1.165) is 44.3 Å². The van der Waals surface area contributed by atoms with Gasteiger partial charge in [-0.05, 0) is 52.1 Å². The number of anilines is 3. The van der Waals surface area contributed by atoms with Crippen molar-refractivity contribution in [3.05, 3.63) is 46.9 Å². The summed E-state index contributed by atoms with van der Waals surface area (Å²) >= 11 is 3.13. The molecule has 1 fully saturated rings. The Morgan fingerprint density at radius 3 is 2.38 bits per heavy atom. The van der Waals surface area contributed by atoms with Crippen molar-refractivity contribution in [1.82, 2.24) is 29.7 Å². The highest BCUT2D eigenvalue weighted by molar-refractivity contribution is 8.01. The number of hydrogen-bond donors (Lipinski definition) is 2. The molecule has 1 aliphatic rings. The van der Waals surface area contributed by atoms with Gasteiger partial charge in [-0.3, -0.25) is 9.59 Å². The van der Waals surface area contributed by atoms with Crippen LogP contribution in [0.1, 0.15) is 34.2 Å². The third-order valence-corrected chi connectivity index (χ3v) is 8.57.